The van der Waals surface area contributed by atoms with E-state index < -0.39 is 5.97 Å². The van der Waals surface area contributed by atoms with Crippen molar-refractivity contribution in [3.8, 4) is 0 Å². The zero-order valence-corrected chi connectivity index (χ0v) is 12.2. The number of rotatable bonds is 4. The summed E-state index contributed by atoms with van der Waals surface area (Å²) in [4.78, 5) is 27.1. The van der Waals surface area contributed by atoms with Crippen LogP contribution in [0.25, 0.3) is 0 Å². The Hall–Kier alpha value is -2.12. The largest absolute Gasteiger partial charge is 0.478 e. The van der Waals surface area contributed by atoms with E-state index in [0.29, 0.717) is 18.8 Å². The first-order chi connectivity index (χ1) is 10.6. The van der Waals surface area contributed by atoms with Crippen molar-refractivity contribution in [3.05, 3.63) is 29.3 Å². The summed E-state index contributed by atoms with van der Waals surface area (Å²) in [5, 5.41) is 11.8. The number of fused-ring (bicyclic) bond motifs is 1. The lowest BCUT2D eigenvalue weighted by Gasteiger charge is -2.33. The smallest absolute Gasteiger partial charge is 0.335 e. The number of hydrogen-bond donors (Lipinski definition) is 2. The molecule has 2 N–H and O–H groups in total. The Labute approximate surface area is 128 Å². The van der Waals surface area contributed by atoms with E-state index in [0.717, 1.165) is 38.4 Å². The van der Waals surface area contributed by atoms with E-state index in [2.05, 4.69) is 10.2 Å². The molecule has 2 heterocycles. The predicted molar refractivity (Wildman–Crippen MR) is 80.1 cm³/mol. The Bertz CT molecular complexity index is 584. The highest BCUT2D eigenvalue weighted by Gasteiger charge is 2.24. The highest BCUT2D eigenvalue weighted by atomic mass is 16.5. The summed E-state index contributed by atoms with van der Waals surface area (Å²) in [6.07, 6.45) is 0. The van der Waals surface area contributed by atoms with Crippen molar-refractivity contribution >= 4 is 17.7 Å². The van der Waals surface area contributed by atoms with Crippen LogP contribution in [0.2, 0.25) is 0 Å². The monoisotopic (exact) mass is 305 g/mol. The number of morpholine rings is 1. The summed E-state index contributed by atoms with van der Waals surface area (Å²) >= 11 is 0. The van der Waals surface area contributed by atoms with Gasteiger partial charge in [0.1, 0.15) is 0 Å². The minimum Gasteiger partial charge on any atom is -0.478 e. The van der Waals surface area contributed by atoms with Gasteiger partial charge in [-0.3, -0.25) is 4.90 Å². The van der Waals surface area contributed by atoms with Crippen LogP contribution in [0.1, 0.15) is 15.9 Å². The molecule has 0 spiro atoms. The van der Waals surface area contributed by atoms with E-state index >= 15 is 0 Å². The van der Waals surface area contributed by atoms with Gasteiger partial charge in [0, 0.05) is 38.4 Å². The number of anilines is 1. The normalized spacial score (nSPS) is 18.7. The van der Waals surface area contributed by atoms with Gasteiger partial charge in [0.2, 0.25) is 0 Å². The average Bonchev–Trinajstić information content (AvgIpc) is 2.53. The fourth-order valence-corrected chi connectivity index (χ4v) is 2.70. The molecule has 0 radical (unpaired) electrons. The first-order valence-corrected chi connectivity index (χ1v) is 7.36. The molecule has 0 aromatic heterocycles. The zero-order valence-electron chi connectivity index (χ0n) is 12.2. The van der Waals surface area contributed by atoms with Crippen LogP contribution in [0.15, 0.2) is 18.2 Å². The third-order valence-corrected chi connectivity index (χ3v) is 4.04. The maximum atomic E-state index is 12.1. The molecule has 0 bridgehead atoms. The van der Waals surface area contributed by atoms with Gasteiger partial charge < -0.3 is 20.1 Å². The molecule has 0 atom stereocenters. The number of aromatic carboxylic acids is 1. The molecule has 1 fully saturated rings. The zero-order chi connectivity index (χ0) is 15.5. The standard InChI is InChI=1S/C15H19N3O4/c19-14(20)11-1-2-12-10-18(15(21)16-13(12)9-11)4-3-17-5-7-22-8-6-17/h1-2,9H,3-8,10H2,(H,16,21)(H,19,20). The lowest BCUT2D eigenvalue weighted by molar-refractivity contribution is 0.0348. The summed E-state index contributed by atoms with van der Waals surface area (Å²) in [6, 6.07) is 4.66. The Morgan fingerprint density at radius 3 is 2.77 bits per heavy atom. The molecule has 0 unspecified atom stereocenters. The molecule has 3 rings (SSSR count). The van der Waals surface area contributed by atoms with E-state index in [9.17, 15) is 9.59 Å². The van der Waals surface area contributed by atoms with Crippen molar-refractivity contribution in [1.82, 2.24) is 9.80 Å². The molecular formula is C15H19N3O4. The Balaban J connectivity index is 1.63. The summed E-state index contributed by atoms with van der Waals surface area (Å²) in [5.74, 6) is -0.994. The molecule has 0 aliphatic carbocycles. The number of hydrogen-bond acceptors (Lipinski definition) is 4. The SMILES string of the molecule is O=C(O)c1ccc2c(c1)NC(=O)N(CCN1CCOCC1)C2. The van der Waals surface area contributed by atoms with Crippen LogP contribution in [0.5, 0.6) is 0 Å². The lowest BCUT2D eigenvalue weighted by atomic mass is 10.1. The van der Waals surface area contributed by atoms with Crippen LogP contribution in [0.4, 0.5) is 10.5 Å². The number of carboxylic acids is 1. The van der Waals surface area contributed by atoms with Gasteiger partial charge in [0.25, 0.3) is 0 Å². The summed E-state index contributed by atoms with van der Waals surface area (Å²) in [5.41, 5.74) is 1.71. The fourth-order valence-electron chi connectivity index (χ4n) is 2.70. The lowest BCUT2D eigenvalue weighted by Crippen LogP contribution is -2.45. The van der Waals surface area contributed by atoms with Crippen molar-refractivity contribution in [2.75, 3.05) is 44.7 Å². The molecule has 7 nitrogen and oxygen atoms in total. The van der Waals surface area contributed by atoms with Crippen LogP contribution < -0.4 is 5.32 Å². The number of carbonyl (C=O) groups is 2. The maximum Gasteiger partial charge on any atom is 0.335 e. The molecule has 2 amide bonds. The molecule has 1 aromatic rings. The van der Waals surface area contributed by atoms with Crippen LogP contribution >= 0.6 is 0 Å². The minimum absolute atomic E-state index is 0.178. The molecule has 7 heteroatoms. The van der Waals surface area contributed by atoms with Gasteiger partial charge in [-0.05, 0) is 17.7 Å². The van der Waals surface area contributed by atoms with Crippen molar-refractivity contribution in [2.45, 2.75) is 6.54 Å². The number of nitrogens with zero attached hydrogens (tertiary/aromatic N) is 2. The predicted octanol–water partition coefficient (Wildman–Crippen LogP) is 1.06. The molecule has 2 aliphatic heterocycles. The Kier molecular flexibility index (Phi) is 4.26. The second-order valence-corrected chi connectivity index (χ2v) is 5.48. The number of benzene rings is 1. The van der Waals surface area contributed by atoms with Gasteiger partial charge >= 0.3 is 12.0 Å². The first kappa shape index (κ1) is 14.8. The van der Waals surface area contributed by atoms with Crippen molar-refractivity contribution in [2.24, 2.45) is 0 Å². The topological polar surface area (TPSA) is 82.1 Å². The number of carboxylic acid groups (broad SMARTS) is 1. The Morgan fingerprint density at radius 1 is 1.27 bits per heavy atom. The highest BCUT2D eigenvalue weighted by molar-refractivity contribution is 5.95. The number of nitrogens with one attached hydrogen (secondary N) is 1. The van der Waals surface area contributed by atoms with Crippen molar-refractivity contribution in [1.29, 1.82) is 0 Å². The third kappa shape index (κ3) is 3.20. The van der Waals surface area contributed by atoms with Gasteiger partial charge in [0.15, 0.2) is 0 Å². The first-order valence-electron chi connectivity index (χ1n) is 7.36. The molecule has 118 valence electrons. The molecule has 1 saturated heterocycles. The molecule has 1 aromatic carbocycles. The molecule has 22 heavy (non-hydrogen) atoms. The molecule has 2 aliphatic rings. The summed E-state index contributed by atoms with van der Waals surface area (Å²) in [6.45, 7) is 5.25. The van der Waals surface area contributed by atoms with Crippen LogP contribution in [0, 0.1) is 0 Å². The molecular weight excluding hydrogens is 286 g/mol. The summed E-state index contributed by atoms with van der Waals surface area (Å²) in [7, 11) is 0. The van der Waals surface area contributed by atoms with E-state index in [1.807, 2.05) is 0 Å². The number of urea groups is 1. The van der Waals surface area contributed by atoms with Crippen molar-refractivity contribution in [3.63, 3.8) is 0 Å². The molecule has 0 saturated carbocycles. The van der Waals surface area contributed by atoms with Crippen molar-refractivity contribution < 1.29 is 19.4 Å². The van der Waals surface area contributed by atoms with E-state index in [1.54, 1.807) is 17.0 Å². The van der Waals surface area contributed by atoms with Gasteiger partial charge in [-0.1, -0.05) is 6.07 Å². The Morgan fingerprint density at radius 2 is 2.05 bits per heavy atom. The minimum atomic E-state index is -0.994. The number of amides is 2. The summed E-state index contributed by atoms with van der Waals surface area (Å²) < 4.78 is 5.31. The van der Waals surface area contributed by atoms with Crippen LogP contribution in [0.3, 0.4) is 0 Å². The van der Waals surface area contributed by atoms with E-state index in [-0.39, 0.29) is 11.6 Å². The van der Waals surface area contributed by atoms with Crippen LogP contribution in [-0.2, 0) is 11.3 Å². The maximum absolute atomic E-state index is 12.1. The van der Waals surface area contributed by atoms with E-state index in [1.165, 1.54) is 6.07 Å². The van der Waals surface area contributed by atoms with Gasteiger partial charge in [0.05, 0.1) is 18.8 Å². The highest BCUT2D eigenvalue weighted by Crippen LogP contribution is 2.24. The number of ether oxygens (including phenoxy) is 1. The second-order valence-electron chi connectivity index (χ2n) is 5.48. The number of carbonyl (C=O) groups excluding carboxylic acids is 1. The van der Waals surface area contributed by atoms with Gasteiger partial charge in [-0.25, -0.2) is 9.59 Å². The van der Waals surface area contributed by atoms with E-state index in [4.69, 9.17) is 9.84 Å². The fraction of sp³-hybridized carbons (Fsp3) is 0.467. The average molecular weight is 305 g/mol. The van der Waals surface area contributed by atoms with Gasteiger partial charge in [-0.15, -0.1) is 0 Å². The quantitative estimate of drug-likeness (QED) is 0.869. The van der Waals surface area contributed by atoms with Gasteiger partial charge in [-0.2, -0.15) is 0 Å². The second kappa shape index (κ2) is 6.33. The third-order valence-electron chi connectivity index (χ3n) is 4.04. The van der Waals surface area contributed by atoms with Crippen LogP contribution in [-0.4, -0.2) is 66.3 Å².